The number of nitrogens with two attached hydrogens (primary N) is 1. The van der Waals surface area contributed by atoms with Crippen LogP contribution in [-0.4, -0.2) is 25.3 Å². The quantitative estimate of drug-likeness (QED) is 0.873. The third-order valence-electron chi connectivity index (χ3n) is 2.83. The fourth-order valence-corrected chi connectivity index (χ4v) is 1.82. The summed E-state index contributed by atoms with van der Waals surface area (Å²) < 4.78 is 18.5. The molecule has 1 aliphatic rings. The summed E-state index contributed by atoms with van der Waals surface area (Å²) in [5, 5.41) is 0. The van der Waals surface area contributed by atoms with Crippen molar-refractivity contribution in [3.8, 4) is 0 Å². The lowest BCUT2D eigenvalue weighted by molar-refractivity contribution is 0.138. The predicted octanol–water partition coefficient (Wildman–Crippen LogP) is 1.81. The highest BCUT2D eigenvalue weighted by Gasteiger charge is 2.31. The Kier molecular flexibility index (Phi) is 3.28. The Morgan fingerprint density at radius 1 is 1.59 bits per heavy atom. The number of cyclic esters (lactones) is 1. The minimum Gasteiger partial charge on any atom is -0.444 e. The molecule has 0 unspecified atom stereocenters. The summed E-state index contributed by atoms with van der Waals surface area (Å²) in [5.41, 5.74) is 6.49. The van der Waals surface area contributed by atoms with Crippen molar-refractivity contribution in [2.75, 3.05) is 18.0 Å². The molecule has 1 fully saturated rings. The van der Waals surface area contributed by atoms with Gasteiger partial charge < -0.3 is 10.5 Å². The van der Waals surface area contributed by atoms with Crippen LogP contribution in [0.5, 0.6) is 0 Å². The van der Waals surface area contributed by atoms with Gasteiger partial charge in [-0.2, -0.15) is 0 Å². The van der Waals surface area contributed by atoms with Crippen LogP contribution in [0, 0.1) is 12.7 Å². The Labute approximate surface area is 99.2 Å². The molecule has 1 heterocycles. The molecule has 0 aliphatic carbocycles. The van der Waals surface area contributed by atoms with Gasteiger partial charge in [0.15, 0.2) is 0 Å². The van der Waals surface area contributed by atoms with Crippen LogP contribution in [-0.2, 0) is 4.74 Å². The Morgan fingerprint density at radius 2 is 2.35 bits per heavy atom. The summed E-state index contributed by atoms with van der Waals surface area (Å²) in [5.74, 6) is -0.322. The molecular formula is C12H15FN2O2. The summed E-state index contributed by atoms with van der Waals surface area (Å²) in [6, 6.07) is 4.71. The van der Waals surface area contributed by atoms with E-state index in [1.165, 1.54) is 11.0 Å². The van der Waals surface area contributed by atoms with E-state index in [0.717, 1.165) is 0 Å². The average molecular weight is 238 g/mol. The number of ether oxygens (including phenoxy) is 1. The van der Waals surface area contributed by atoms with Crippen molar-refractivity contribution < 1.29 is 13.9 Å². The third-order valence-corrected chi connectivity index (χ3v) is 2.83. The number of amides is 1. The number of anilines is 1. The van der Waals surface area contributed by atoms with Gasteiger partial charge in [-0.05, 0) is 37.6 Å². The number of nitrogens with zero attached hydrogens (tertiary/aromatic N) is 1. The molecule has 92 valence electrons. The first kappa shape index (κ1) is 11.9. The molecule has 1 atom stereocenters. The van der Waals surface area contributed by atoms with E-state index < -0.39 is 6.09 Å². The molecule has 0 aromatic heterocycles. The van der Waals surface area contributed by atoms with Gasteiger partial charge in [-0.3, -0.25) is 4.90 Å². The zero-order chi connectivity index (χ0) is 12.4. The first-order chi connectivity index (χ1) is 8.11. The van der Waals surface area contributed by atoms with Gasteiger partial charge in [-0.1, -0.05) is 6.07 Å². The van der Waals surface area contributed by atoms with Crippen molar-refractivity contribution in [1.29, 1.82) is 0 Å². The summed E-state index contributed by atoms with van der Waals surface area (Å²) >= 11 is 0. The molecule has 17 heavy (non-hydrogen) atoms. The Balaban J connectivity index is 2.17. The molecule has 0 saturated carbocycles. The van der Waals surface area contributed by atoms with Crippen LogP contribution in [0.2, 0.25) is 0 Å². The van der Waals surface area contributed by atoms with Crippen molar-refractivity contribution in [3.05, 3.63) is 29.6 Å². The predicted molar refractivity (Wildman–Crippen MR) is 62.4 cm³/mol. The zero-order valence-corrected chi connectivity index (χ0v) is 9.65. The molecule has 5 heteroatoms. The molecule has 1 aromatic carbocycles. The second kappa shape index (κ2) is 4.71. The summed E-state index contributed by atoms with van der Waals surface area (Å²) in [4.78, 5) is 13.0. The van der Waals surface area contributed by atoms with Crippen molar-refractivity contribution in [2.24, 2.45) is 5.73 Å². The highest BCUT2D eigenvalue weighted by molar-refractivity contribution is 5.89. The molecule has 1 aromatic rings. The number of rotatable bonds is 3. The van der Waals surface area contributed by atoms with Gasteiger partial charge in [0.2, 0.25) is 0 Å². The van der Waals surface area contributed by atoms with E-state index in [1.807, 2.05) is 0 Å². The van der Waals surface area contributed by atoms with Crippen LogP contribution < -0.4 is 10.6 Å². The number of benzene rings is 1. The maximum Gasteiger partial charge on any atom is 0.414 e. The van der Waals surface area contributed by atoms with Gasteiger partial charge in [0.25, 0.3) is 0 Å². The number of aryl methyl sites for hydroxylation is 1. The Bertz CT molecular complexity index is 437. The molecular weight excluding hydrogens is 223 g/mol. The highest BCUT2D eigenvalue weighted by atomic mass is 19.1. The number of carbonyl (C=O) groups excluding carboxylic acids is 1. The van der Waals surface area contributed by atoms with E-state index in [9.17, 15) is 9.18 Å². The maximum atomic E-state index is 13.4. The number of carbonyl (C=O) groups is 1. The Morgan fingerprint density at radius 3 is 3.00 bits per heavy atom. The zero-order valence-electron chi connectivity index (χ0n) is 9.65. The van der Waals surface area contributed by atoms with E-state index in [0.29, 0.717) is 30.8 Å². The average Bonchev–Trinajstić information content (AvgIpc) is 2.64. The van der Waals surface area contributed by atoms with Crippen LogP contribution in [0.4, 0.5) is 14.9 Å². The fourth-order valence-electron chi connectivity index (χ4n) is 1.82. The molecule has 1 aliphatic heterocycles. The maximum absolute atomic E-state index is 13.4. The monoisotopic (exact) mass is 238 g/mol. The summed E-state index contributed by atoms with van der Waals surface area (Å²) in [6.07, 6.45) is -0.0140. The normalized spacial score (nSPS) is 19.6. The molecule has 0 radical (unpaired) electrons. The van der Waals surface area contributed by atoms with Crippen LogP contribution in [0.25, 0.3) is 0 Å². The molecule has 0 spiro atoms. The molecule has 0 bridgehead atoms. The summed E-state index contributed by atoms with van der Waals surface area (Å²) in [6.45, 7) is 2.57. The van der Waals surface area contributed by atoms with Gasteiger partial charge in [-0.15, -0.1) is 0 Å². The number of halogens is 1. The van der Waals surface area contributed by atoms with E-state index in [-0.39, 0.29) is 11.9 Å². The lowest BCUT2D eigenvalue weighted by Crippen LogP contribution is -2.25. The van der Waals surface area contributed by atoms with E-state index >= 15 is 0 Å². The Hall–Kier alpha value is -1.62. The SMILES string of the molecule is Cc1ccc(N2C[C@@H](CCN)OC2=O)cc1F. The van der Waals surface area contributed by atoms with Crippen molar-refractivity contribution in [1.82, 2.24) is 0 Å². The topological polar surface area (TPSA) is 55.6 Å². The molecule has 1 saturated heterocycles. The van der Waals surface area contributed by atoms with E-state index in [2.05, 4.69) is 0 Å². The molecule has 1 amide bonds. The first-order valence-electron chi connectivity index (χ1n) is 5.56. The first-order valence-corrected chi connectivity index (χ1v) is 5.56. The van der Waals surface area contributed by atoms with Crippen molar-refractivity contribution >= 4 is 11.8 Å². The lowest BCUT2D eigenvalue weighted by atomic mass is 10.2. The van der Waals surface area contributed by atoms with Crippen LogP contribution in [0.3, 0.4) is 0 Å². The molecule has 2 rings (SSSR count). The second-order valence-corrected chi connectivity index (χ2v) is 4.13. The van der Waals surface area contributed by atoms with Crippen molar-refractivity contribution in [2.45, 2.75) is 19.4 Å². The highest BCUT2D eigenvalue weighted by Crippen LogP contribution is 2.24. The smallest absolute Gasteiger partial charge is 0.414 e. The van der Waals surface area contributed by atoms with Crippen LogP contribution in [0.1, 0.15) is 12.0 Å². The van der Waals surface area contributed by atoms with E-state index in [4.69, 9.17) is 10.5 Å². The van der Waals surface area contributed by atoms with Gasteiger partial charge in [0, 0.05) is 0 Å². The van der Waals surface area contributed by atoms with Crippen LogP contribution >= 0.6 is 0 Å². The second-order valence-electron chi connectivity index (χ2n) is 4.13. The molecule has 2 N–H and O–H groups in total. The minimum atomic E-state index is -0.438. The van der Waals surface area contributed by atoms with Gasteiger partial charge in [0.1, 0.15) is 11.9 Å². The number of hydrogen-bond donors (Lipinski definition) is 1. The van der Waals surface area contributed by atoms with Gasteiger partial charge >= 0.3 is 6.09 Å². The van der Waals surface area contributed by atoms with Gasteiger partial charge in [0.05, 0.1) is 12.2 Å². The fraction of sp³-hybridized carbons (Fsp3) is 0.417. The molecule has 4 nitrogen and oxygen atoms in total. The number of hydrogen-bond acceptors (Lipinski definition) is 3. The standard InChI is InChI=1S/C12H15FN2O2/c1-8-2-3-9(6-11(8)13)15-7-10(4-5-14)17-12(15)16/h2-3,6,10H,4-5,7,14H2,1H3/t10-/m1/s1. The van der Waals surface area contributed by atoms with Crippen molar-refractivity contribution in [3.63, 3.8) is 0 Å². The third kappa shape index (κ3) is 2.39. The largest absolute Gasteiger partial charge is 0.444 e. The minimum absolute atomic E-state index is 0.197. The van der Waals surface area contributed by atoms with E-state index in [1.54, 1.807) is 19.1 Å². The van der Waals surface area contributed by atoms with Gasteiger partial charge in [-0.25, -0.2) is 9.18 Å². The van der Waals surface area contributed by atoms with Crippen LogP contribution in [0.15, 0.2) is 18.2 Å². The lowest BCUT2D eigenvalue weighted by Gasteiger charge is -2.13. The summed E-state index contributed by atoms with van der Waals surface area (Å²) in [7, 11) is 0.